The fourth-order valence-corrected chi connectivity index (χ4v) is 4.66. The Bertz CT molecular complexity index is 1420. The van der Waals surface area contributed by atoms with Crippen molar-refractivity contribution in [2.75, 3.05) is 11.9 Å². The van der Waals surface area contributed by atoms with Gasteiger partial charge in [-0.05, 0) is 59.4 Å². The lowest BCUT2D eigenvalue weighted by Gasteiger charge is -2.15. The van der Waals surface area contributed by atoms with E-state index >= 15 is 0 Å². The number of nitrogens with zero attached hydrogens (tertiary/aromatic N) is 2. The van der Waals surface area contributed by atoms with E-state index in [1.54, 1.807) is 18.2 Å². The maximum atomic E-state index is 12.8. The van der Waals surface area contributed by atoms with Gasteiger partial charge in [0.05, 0.1) is 30.8 Å². The number of carbonyl (C=O) groups excluding carboxylic acids is 1. The number of nitro benzene ring substituents is 1. The highest BCUT2D eigenvalue weighted by molar-refractivity contribution is 14.1. The van der Waals surface area contributed by atoms with Crippen molar-refractivity contribution in [2.45, 2.75) is 13.5 Å². The van der Waals surface area contributed by atoms with Crippen molar-refractivity contribution >= 4 is 80.8 Å². The molecule has 3 aromatic carbocycles. The lowest BCUT2D eigenvalue weighted by atomic mass is 10.1. The molecule has 3 aromatic rings. The van der Waals surface area contributed by atoms with Crippen LogP contribution in [0.3, 0.4) is 0 Å². The van der Waals surface area contributed by atoms with Crippen molar-refractivity contribution in [1.29, 1.82) is 5.26 Å². The van der Waals surface area contributed by atoms with Crippen LogP contribution in [0.1, 0.15) is 18.1 Å². The van der Waals surface area contributed by atoms with E-state index in [0.717, 1.165) is 17.7 Å². The second kappa shape index (κ2) is 13.0. The zero-order valence-electron chi connectivity index (χ0n) is 19.1. The molecule has 1 amide bonds. The van der Waals surface area contributed by atoms with Crippen LogP contribution in [0.2, 0.25) is 15.1 Å². The summed E-state index contributed by atoms with van der Waals surface area (Å²) in [4.78, 5) is 23.1. The zero-order valence-corrected chi connectivity index (χ0v) is 23.5. The van der Waals surface area contributed by atoms with Crippen molar-refractivity contribution in [3.05, 3.63) is 94.0 Å². The minimum absolute atomic E-state index is 0.0482. The number of non-ortho nitro benzene ring substituents is 1. The van der Waals surface area contributed by atoms with Crippen molar-refractivity contribution < 1.29 is 19.2 Å². The predicted molar refractivity (Wildman–Crippen MR) is 151 cm³/mol. The molecule has 0 aromatic heterocycles. The number of benzene rings is 3. The molecule has 0 unspecified atom stereocenters. The normalized spacial score (nSPS) is 11.0. The lowest BCUT2D eigenvalue weighted by Crippen LogP contribution is -2.14. The van der Waals surface area contributed by atoms with Gasteiger partial charge in [0.2, 0.25) is 0 Å². The highest BCUT2D eigenvalue weighted by Crippen LogP contribution is 2.37. The lowest BCUT2D eigenvalue weighted by molar-refractivity contribution is -0.384. The average Bonchev–Trinajstić information content (AvgIpc) is 2.85. The third-order valence-electron chi connectivity index (χ3n) is 4.81. The van der Waals surface area contributed by atoms with Crippen LogP contribution in [-0.4, -0.2) is 17.4 Å². The van der Waals surface area contributed by atoms with Crippen LogP contribution in [0.4, 0.5) is 11.4 Å². The third kappa shape index (κ3) is 7.26. The molecular formula is C25H17Cl3IN3O5. The maximum absolute atomic E-state index is 12.8. The molecular weight excluding hydrogens is 656 g/mol. The van der Waals surface area contributed by atoms with Crippen LogP contribution >= 0.6 is 57.4 Å². The Morgan fingerprint density at radius 1 is 1.14 bits per heavy atom. The Labute approximate surface area is 241 Å². The van der Waals surface area contributed by atoms with Gasteiger partial charge in [-0.3, -0.25) is 14.9 Å². The first-order valence-corrected chi connectivity index (χ1v) is 12.7. The predicted octanol–water partition coefficient (Wildman–Crippen LogP) is 7.68. The quantitative estimate of drug-likeness (QED) is 0.0820. The second-order valence-corrected chi connectivity index (χ2v) is 9.69. The molecule has 0 spiro atoms. The average molecular weight is 673 g/mol. The van der Waals surface area contributed by atoms with Crippen molar-refractivity contribution in [1.82, 2.24) is 0 Å². The molecule has 37 heavy (non-hydrogen) atoms. The molecule has 0 bridgehead atoms. The first-order chi connectivity index (χ1) is 17.6. The monoisotopic (exact) mass is 671 g/mol. The molecule has 0 saturated carbocycles. The largest absolute Gasteiger partial charge is 0.490 e. The molecule has 8 nitrogen and oxygen atoms in total. The summed E-state index contributed by atoms with van der Waals surface area (Å²) < 4.78 is 12.4. The number of hydrogen-bond donors (Lipinski definition) is 1. The molecule has 190 valence electrons. The van der Waals surface area contributed by atoms with E-state index in [2.05, 4.69) is 27.9 Å². The molecule has 0 aliphatic rings. The van der Waals surface area contributed by atoms with Gasteiger partial charge < -0.3 is 14.8 Å². The van der Waals surface area contributed by atoms with E-state index in [-0.39, 0.29) is 33.6 Å². The third-order valence-corrected chi connectivity index (χ3v) is 6.58. The summed E-state index contributed by atoms with van der Waals surface area (Å²) in [6.07, 6.45) is 1.37. The SMILES string of the molecule is CCOc1cc(/C=C(\C#N)C(=O)Nc2c(Cl)cc([N+](=O)[O-])cc2Cl)cc(I)c1OCc1ccccc1Cl. The van der Waals surface area contributed by atoms with Crippen LogP contribution in [0.15, 0.2) is 54.1 Å². The molecule has 3 rings (SSSR count). The van der Waals surface area contributed by atoms with Gasteiger partial charge >= 0.3 is 0 Å². The summed E-state index contributed by atoms with van der Waals surface area (Å²) in [5.41, 5.74) is 0.671. The fraction of sp³-hybridized carbons (Fsp3) is 0.120. The fourth-order valence-electron chi connectivity index (χ4n) is 3.12. The Balaban J connectivity index is 1.89. The highest BCUT2D eigenvalue weighted by Gasteiger charge is 2.19. The number of nitriles is 1. The van der Waals surface area contributed by atoms with Crippen molar-refractivity contribution in [2.24, 2.45) is 0 Å². The molecule has 1 N–H and O–H groups in total. The summed E-state index contributed by atoms with van der Waals surface area (Å²) >= 11 is 20.4. The van der Waals surface area contributed by atoms with Gasteiger partial charge in [-0.2, -0.15) is 5.26 Å². The Morgan fingerprint density at radius 2 is 1.81 bits per heavy atom. The Morgan fingerprint density at radius 3 is 2.41 bits per heavy atom. The number of ether oxygens (including phenoxy) is 2. The molecule has 0 radical (unpaired) electrons. The Kier molecular flexibility index (Phi) is 10.00. The first kappa shape index (κ1) is 28.5. The van der Waals surface area contributed by atoms with Gasteiger partial charge in [0.25, 0.3) is 11.6 Å². The van der Waals surface area contributed by atoms with Crippen molar-refractivity contribution in [3.63, 3.8) is 0 Å². The molecule has 0 fully saturated rings. The van der Waals surface area contributed by atoms with E-state index in [1.807, 2.05) is 31.2 Å². The molecule has 0 saturated heterocycles. The van der Waals surface area contributed by atoms with E-state index in [1.165, 1.54) is 6.08 Å². The number of rotatable bonds is 9. The molecule has 0 aliphatic carbocycles. The minimum Gasteiger partial charge on any atom is -0.490 e. The number of amides is 1. The van der Waals surface area contributed by atoms with Crippen LogP contribution < -0.4 is 14.8 Å². The molecule has 0 heterocycles. The molecule has 0 atom stereocenters. The van der Waals surface area contributed by atoms with Gasteiger partial charge in [-0.15, -0.1) is 0 Å². The van der Waals surface area contributed by atoms with E-state index in [0.29, 0.717) is 32.3 Å². The van der Waals surface area contributed by atoms with Crippen LogP contribution in [-0.2, 0) is 11.4 Å². The highest BCUT2D eigenvalue weighted by atomic mass is 127. The molecule has 12 heteroatoms. The number of nitrogens with one attached hydrogen (secondary N) is 1. The van der Waals surface area contributed by atoms with Crippen LogP contribution in [0, 0.1) is 25.0 Å². The number of hydrogen-bond acceptors (Lipinski definition) is 6. The Hall–Kier alpha value is -3.04. The van der Waals surface area contributed by atoms with Crippen LogP contribution in [0.5, 0.6) is 11.5 Å². The number of carbonyl (C=O) groups is 1. The number of halogens is 4. The topological polar surface area (TPSA) is 114 Å². The van der Waals surface area contributed by atoms with E-state index in [9.17, 15) is 20.2 Å². The number of anilines is 1. The smallest absolute Gasteiger partial charge is 0.272 e. The van der Waals surface area contributed by atoms with Gasteiger partial charge in [0.1, 0.15) is 18.2 Å². The zero-order chi connectivity index (χ0) is 27.1. The van der Waals surface area contributed by atoms with Gasteiger partial charge in [-0.25, -0.2) is 0 Å². The van der Waals surface area contributed by atoms with Gasteiger partial charge in [-0.1, -0.05) is 53.0 Å². The van der Waals surface area contributed by atoms with Gasteiger partial charge in [0, 0.05) is 22.7 Å². The maximum Gasteiger partial charge on any atom is 0.272 e. The van der Waals surface area contributed by atoms with Gasteiger partial charge in [0.15, 0.2) is 11.5 Å². The van der Waals surface area contributed by atoms with E-state index in [4.69, 9.17) is 44.3 Å². The van der Waals surface area contributed by atoms with Crippen LogP contribution in [0.25, 0.3) is 6.08 Å². The first-order valence-electron chi connectivity index (χ1n) is 10.5. The summed E-state index contributed by atoms with van der Waals surface area (Å²) in [5.74, 6) is 0.117. The summed E-state index contributed by atoms with van der Waals surface area (Å²) in [5, 5.41) is 23.3. The van der Waals surface area contributed by atoms with Crippen molar-refractivity contribution in [3.8, 4) is 17.6 Å². The molecule has 0 aliphatic heterocycles. The summed E-state index contributed by atoms with van der Waals surface area (Å²) in [7, 11) is 0. The minimum atomic E-state index is -0.799. The van der Waals surface area contributed by atoms with E-state index < -0.39 is 10.8 Å². The summed E-state index contributed by atoms with van der Waals surface area (Å²) in [6.45, 7) is 2.39. The summed E-state index contributed by atoms with van der Waals surface area (Å²) in [6, 6.07) is 14.6. The number of nitro groups is 1. The standard InChI is InChI=1S/C25H17Cl3IN3O5/c1-2-36-22-9-14(8-21(29)24(22)37-13-15-5-3-4-6-18(15)26)7-16(12-30)25(33)31-23-19(27)10-17(32(34)35)11-20(23)28/h3-11H,2,13H2,1H3,(H,31,33)/b16-7+. The second-order valence-electron chi connectivity index (χ2n) is 7.31.